The van der Waals surface area contributed by atoms with Gasteiger partial charge in [0.25, 0.3) is 0 Å². The molecule has 0 nitrogen and oxygen atoms in total. The van der Waals surface area contributed by atoms with E-state index in [2.05, 4.69) is 93.6 Å². The lowest BCUT2D eigenvalue weighted by Gasteiger charge is -2.25. The third-order valence-electron chi connectivity index (χ3n) is 4.22. The zero-order valence-corrected chi connectivity index (χ0v) is 20.1. The highest BCUT2D eigenvalue weighted by Gasteiger charge is 2.24. The normalized spacial score (nSPS) is 11.1. The van der Waals surface area contributed by atoms with E-state index in [1.54, 1.807) is 0 Å². The first-order valence-corrected chi connectivity index (χ1v) is 14.1. The van der Waals surface area contributed by atoms with Gasteiger partial charge in [0, 0.05) is 14.7 Å². The van der Waals surface area contributed by atoms with Crippen LogP contribution in [0.1, 0.15) is 20.8 Å². The smallest absolute Gasteiger partial charge is 0.0155 e. The number of thioether (sulfide) groups is 3. The van der Waals surface area contributed by atoms with Gasteiger partial charge in [-0.15, -0.1) is 35.3 Å². The van der Waals surface area contributed by atoms with Crippen LogP contribution in [-0.4, -0.2) is 17.3 Å². The molecule has 28 heavy (non-hydrogen) atoms. The molecule has 0 aliphatic heterocycles. The Morgan fingerprint density at radius 3 is 1.07 bits per heavy atom. The van der Waals surface area contributed by atoms with Crippen molar-refractivity contribution in [2.75, 3.05) is 17.3 Å². The van der Waals surface area contributed by atoms with Crippen molar-refractivity contribution in [2.24, 2.45) is 0 Å². The number of hydrogen-bond donors (Lipinski definition) is 0. The molecule has 0 fully saturated rings. The molecule has 0 amide bonds. The first-order chi connectivity index (χ1) is 13.8. The van der Waals surface area contributed by atoms with Gasteiger partial charge in [-0.2, -0.15) is 0 Å². The largest absolute Gasteiger partial charge is 0.126 e. The Morgan fingerprint density at radius 2 is 0.786 bits per heavy atom. The quantitative estimate of drug-likeness (QED) is 0.265. The minimum Gasteiger partial charge on any atom is -0.126 e. The topological polar surface area (TPSA) is 0 Å². The Hall–Kier alpha value is -0.860. The van der Waals surface area contributed by atoms with Gasteiger partial charge in [-0.1, -0.05) is 75.4 Å². The summed E-state index contributed by atoms with van der Waals surface area (Å²) < 4.78 is 0. The van der Waals surface area contributed by atoms with Crippen molar-refractivity contribution >= 4 is 59.1 Å². The van der Waals surface area contributed by atoms with Crippen molar-refractivity contribution in [1.82, 2.24) is 0 Å². The molecule has 3 aromatic rings. The predicted octanol–water partition coefficient (Wildman–Crippen LogP) is 6.78. The van der Waals surface area contributed by atoms with Gasteiger partial charge >= 0.3 is 0 Å². The third-order valence-corrected chi connectivity index (χ3v) is 10.2. The number of rotatable bonds is 9. The minimum atomic E-state index is -0.606. The van der Waals surface area contributed by atoms with E-state index in [-0.39, 0.29) is 0 Å². The minimum absolute atomic E-state index is 0.606. The van der Waals surface area contributed by atoms with E-state index in [1.807, 2.05) is 35.3 Å². The van der Waals surface area contributed by atoms with Gasteiger partial charge in [-0.3, -0.25) is 0 Å². The van der Waals surface area contributed by atoms with Gasteiger partial charge in [-0.05, 0) is 59.3 Å². The van der Waals surface area contributed by atoms with Crippen LogP contribution in [0.3, 0.4) is 0 Å². The molecule has 0 spiro atoms. The van der Waals surface area contributed by atoms with Crippen LogP contribution in [-0.2, 0) is 0 Å². The van der Waals surface area contributed by atoms with Crippen molar-refractivity contribution in [3.8, 4) is 0 Å². The van der Waals surface area contributed by atoms with Crippen molar-refractivity contribution < 1.29 is 0 Å². The molecular weight excluding hydrogens is 415 g/mol. The molecule has 0 atom stereocenters. The second-order valence-electron chi connectivity index (χ2n) is 6.04. The van der Waals surface area contributed by atoms with E-state index in [0.29, 0.717) is 0 Å². The Kier molecular flexibility index (Phi) is 8.86. The number of hydrogen-bond acceptors (Lipinski definition) is 3. The molecule has 0 heterocycles. The molecular formula is C24H27PS3. The van der Waals surface area contributed by atoms with Gasteiger partial charge in [-0.25, -0.2) is 0 Å². The second-order valence-corrected chi connectivity index (χ2v) is 12.1. The SMILES string of the molecule is CCSc1ccccc1P(c1ccccc1SCC)c1ccccc1SCC. The molecule has 0 saturated carbocycles. The zero-order chi connectivity index (χ0) is 19.8. The van der Waals surface area contributed by atoms with Gasteiger partial charge in [0.05, 0.1) is 0 Å². The summed E-state index contributed by atoms with van der Waals surface area (Å²) in [6.45, 7) is 6.72. The van der Waals surface area contributed by atoms with E-state index in [0.717, 1.165) is 17.3 Å². The Balaban J connectivity index is 2.25. The molecule has 0 aliphatic carbocycles. The molecule has 146 valence electrons. The standard InChI is InChI=1S/C24H27PS3/c1-4-26-22-16-10-7-13-19(22)25(20-14-8-11-17-23(20)27-5-2)21-15-9-12-18-24(21)28-6-3/h7-18H,4-6H2,1-3H3. The summed E-state index contributed by atoms with van der Waals surface area (Å²) in [4.78, 5) is 4.26. The monoisotopic (exact) mass is 442 g/mol. The second kappa shape index (κ2) is 11.4. The fourth-order valence-electron chi connectivity index (χ4n) is 3.15. The van der Waals surface area contributed by atoms with Crippen LogP contribution in [0.4, 0.5) is 0 Å². The average molecular weight is 443 g/mol. The average Bonchev–Trinajstić information content (AvgIpc) is 2.72. The molecule has 0 saturated heterocycles. The van der Waals surface area contributed by atoms with Crippen LogP contribution in [0.25, 0.3) is 0 Å². The van der Waals surface area contributed by atoms with Crippen molar-refractivity contribution in [3.63, 3.8) is 0 Å². The summed E-state index contributed by atoms with van der Waals surface area (Å²) in [5.41, 5.74) is 0. The van der Waals surface area contributed by atoms with Crippen molar-refractivity contribution in [1.29, 1.82) is 0 Å². The fourth-order valence-corrected chi connectivity index (χ4v) is 9.02. The Morgan fingerprint density at radius 1 is 0.500 bits per heavy atom. The zero-order valence-electron chi connectivity index (χ0n) is 16.7. The first kappa shape index (κ1) is 21.8. The molecule has 0 N–H and O–H groups in total. The van der Waals surface area contributed by atoms with Crippen LogP contribution in [0, 0.1) is 0 Å². The van der Waals surface area contributed by atoms with E-state index in [4.69, 9.17) is 0 Å². The van der Waals surface area contributed by atoms with E-state index < -0.39 is 7.92 Å². The number of benzene rings is 3. The van der Waals surface area contributed by atoms with Gasteiger partial charge in [0.2, 0.25) is 0 Å². The maximum Gasteiger partial charge on any atom is 0.0155 e. The van der Waals surface area contributed by atoms with Crippen LogP contribution in [0.2, 0.25) is 0 Å². The first-order valence-electron chi connectivity index (χ1n) is 9.75. The van der Waals surface area contributed by atoms with Crippen LogP contribution in [0.15, 0.2) is 87.5 Å². The highest BCUT2D eigenvalue weighted by atomic mass is 32.2. The predicted molar refractivity (Wildman–Crippen MR) is 134 cm³/mol. The lowest BCUT2D eigenvalue weighted by molar-refractivity contribution is 1.44. The molecule has 0 radical (unpaired) electrons. The summed E-state index contributed by atoms with van der Waals surface area (Å²) in [5.74, 6) is 3.28. The Bertz CT molecular complexity index is 777. The van der Waals surface area contributed by atoms with Crippen LogP contribution in [0.5, 0.6) is 0 Å². The fraction of sp³-hybridized carbons (Fsp3) is 0.250. The van der Waals surface area contributed by atoms with Crippen molar-refractivity contribution in [3.05, 3.63) is 72.8 Å². The highest BCUT2D eigenvalue weighted by molar-refractivity contribution is 8.01. The molecule has 0 aromatic heterocycles. The summed E-state index contributed by atoms with van der Waals surface area (Å²) in [5, 5.41) is 4.45. The van der Waals surface area contributed by atoms with Gasteiger partial charge < -0.3 is 0 Å². The van der Waals surface area contributed by atoms with E-state index >= 15 is 0 Å². The Labute approximate surface area is 184 Å². The maximum absolute atomic E-state index is 2.35. The van der Waals surface area contributed by atoms with E-state index in [1.165, 1.54) is 30.6 Å². The molecule has 0 aliphatic rings. The molecule has 3 rings (SSSR count). The van der Waals surface area contributed by atoms with Crippen LogP contribution < -0.4 is 15.9 Å². The summed E-state index contributed by atoms with van der Waals surface area (Å²) in [6.07, 6.45) is 0. The maximum atomic E-state index is 2.35. The molecule has 0 unspecified atom stereocenters. The summed E-state index contributed by atoms with van der Waals surface area (Å²) in [6, 6.07) is 27.1. The van der Waals surface area contributed by atoms with Gasteiger partial charge in [0.1, 0.15) is 0 Å². The lowest BCUT2D eigenvalue weighted by atomic mass is 10.3. The van der Waals surface area contributed by atoms with E-state index in [9.17, 15) is 0 Å². The third kappa shape index (κ3) is 5.19. The molecule has 0 bridgehead atoms. The molecule has 3 aromatic carbocycles. The van der Waals surface area contributed by atoms with Crippen molar-refractivity contribution in [2.45, 2.75) is 35.5 Å². The lowest BCUT2D eigenvalue weighted by Crippen LogP contribution is -2.24. The molecule has 4 heteroatoms. The summed E-state index contributed by atoms with van der Waals surface area (Å²) >= 11 is 5.88. The van der Waals surface area contributed by atoms with Crippen LogP contribution >= 0.6 is 43.2 Å². The highest BCUT2D eigenvalue weighted by Crippen LogP contribution is 2.42. The summed E-state index contributed by atoms with van der Waals surface area (Å²) in [7, 11) is -0.606. The van der Waals surface area contributed by atoms with Gasteiger partial charge in [0.15, 0.2) is 0 Å².